The molecule has 0 spiro atoms. The van der Waals surface area contributed by atoms with Crippen LogP contribution in [0.15, 0.2) is 133 Å². The van der Waals surface area contributed by atoms with E-state index in [9.17, 15) is 0 Å². The van der Waals surface area contributed by atoms with E-state index in [0.29, 0.717) is 0 Å². The number of fused-ring (bicyclic) bond motifs is 3. The molecular weight excluding hydrogens is 524 g/mol. The molecule has 7 rings (SSSR count). The van der Waals surface area contributed by atoms with Gasteiger partial charge in [0.25, 0.3) is 0 Å². The summed E-state index contributed by atoms with van der Waals surface area (Å²) >= 11 is 0. The van der Waals surface area contributed by atoms with Crippen LogP contribution in [-0.2, 0) is 5.41 Å². The average Bonchev–Trinajstić information content (AvgIpc) is 3.33. The Hall–Kier alpha value is -5.08. The maximum absolute atomic E-state index is 6.28. The highest BCUT2D eigenvalue weighted by atomic mass is 16.5. The molecule has 0 bridgehead atoms. The Morgan fingerprint density at radius 3 is 1.14 bits per heavy atom. The van der Waals surface area contributed by atoms with Crippen LogP contribution in [-0.4, -0.2) is 0 Å². The first-order valence-electron chi connectivity index (χ1n) is 14.8. The maximum Gasteiger partial charge on any atom is 0.127 e. The van der Waals surface area contributed by atoms with E-state index < -0.39 is 5.41 Å². The molecule has 0 N–H and O–H groups in total. The minimum Gasteiger partial charge on any atom is -0.457 e. The van der Waals surface area contributed by atoms with Gasteiger partial charge in [0.05, 0.1) is 5.41 Å². The zero-order chi connectivity index (χ0) is 29.6. The average molecular weight is 559 g/mol. The molecular formula is C41H34O2. The van der Waals surface area contributed by atoms with Crippen LogP contribution in [0.4, 0.5) is 0 Å². The van der Waals surface area contributed by atoms with E-state index in [4.69, 9.17) is 9.47 Å². The van der Waals surface area contributed by atoms with Gasteiger partial charge in [-0.2, -0.15) is 0 Å². The van der Waals surface area contributed by atoms with E-state index in [-0.39, 0.29) is 0 Å². The third-order valence-electron chi connectivity index (χ3n) is 8.96. The minimum absolute atomic E-state index is 0.481. The summed E-state index contributed by atoms with van der Waals surface area (Å²) < 4.78 is 12.6. The Labute approximate surface area is 254 Å². The van der Waals surface area contributed by atoms with E-state index in [1.165, 1.54) is 55.6 Å². The second-order valence-electron chi connectivity index (χ2n) is 11.6. The van der Waals surface area contributed by atoms with Gasteiger partial charge in [0.1, 0.15) is 23.0 Å². The van der Waals surface area contributed by atoms with Crippen molar-refractivity contribution in [3.63, 3.8) is 0 Å². The van der Waals surface area contributed by atoms with E-state index in [2.05, 4.69) is 149 Å². The van der Waals surface area contributed by atoms with Crippen molar-refractivity contribution >= 4 is 0 Å². The molecule has 2 heteroatoms. The van der Waals surface area contributed by atoms with Gasteiger partial charge >= 0.3 is 0 Å². The standard InChI is InChI=1S/C41H34O2/c1-27-13-19-35(25-29(27)3)42-33-21-15-31(16-22-33)41(39-11-7-5-9-37(39)38-10-6-8-12-40(38)41)32-17-23-34(24-18-32)43-36-20-14-28(2)30(4)26-36/h5-26H,1-4H3. The molecule has 1 aliphatic rings. The highest BCUT2D eigenvalue weighted by Crippen LogP contribution is 2.56. The first-order chi connectivity index (χ1) is 20.9. The number of rotatable bonds is 6. The second-order valence-corrected chi connectivity index (χ2v) is 11.6. The van der Waals surface area contributed by atoms with E-state index in [1.54, 1.807) is 0 Å². The number of ether oxygens (including phenoxy) is 2. The van der Waals surface area contributed by atoms with Gasteiger partial charge in [-0.05, 0) is 132 Å². The minimum atomic E-state index is -0.481. The normalized spacial score (nSPS) is 12.8. The van der Waals surface area contributed by atoms with Crippen molar-refractivity contribution < 1.29 is 9.47 Å². The van der Waals surface area contributed by atoms with Crippen molar-refractivity contribution in [2.24, 2.45) is 0 Å². The van der Waals surface area contributed by atoms with Crippen LogP contribution in [0.3, 0.4) is 0 Å². The fourth-order valence-corrected chi connectivity index (χ4v) is 6.40. The van der Waals surface area contributed by atoms with Gasteiger partial charge in [-0.1, -0.05) is 84.9 Å². The summed E-state index contributed by atoms with van der Waals surface area (Å²) in [7, 11) is 0. The zero-order valence-corrected chi connectivity index (χ0v) is 25.0. The fraction of sp³-hybridized carbons (Fsp3) is 0.122. The molecule has 6 aromatic carbocycles. The van der Waals surface area contributed by atoms with Crippen molar-refractivity contribution in [2.45, 2.75) is 33.1 Å². The van der Waals surface area contributed by atoms with Crippen LogP contribution in [0.25, 0.3) is 11.1 Å². The van der Waals surface area contributed by atoms with Gasteiger partial charge in [0.15, 0.2) is 0 Å². The van der Waals surface area contributed by atoms with Crippen molar-refractivity contribution in [3.8, 4) is 34.1 Å². The largest absolute Gasteiger partial charge is 0.457 e. The summed E-state index contributed by atoms with van der Waals surface area (Å²) in [6.45, 7) is 8.46. The Morgan fingerprint density at radius 1 is 0.372 bits per heavy atom. The van der Waals surface area contributed by atoms with Crippen molar-refractivity contribution in [3.05, 3.63) is 178 Å². The highest BCUT2D eigenvalue weighted by Gasteiger charge is 2.45. The lowest BCUT2D eigenvalue weighted by Gasteiger charge is -2.34. The van der Waals surface area contributed by atoms with Crippen LogP contribution in [0.2, 0.25) is 0 Å². The first kappa shape index (κ1) is 26.8. The van der Waals surface area contributed by atoms with Gasteiger partial charge < -0.3 is 9.47 Å². The van der Waals surface area contributed by atoms with E-state index in [0.717, 1.165) is 23.0 Å². The molecule has 0 heterocycles. The molecule has 0 saturated carbocycles. The lowest BCUT2D eigenvalue weighted by molar-refractivity contribution is 0.481. The molecule has 0 radical (unpaired) electrons. The fourth-order valence-electron chi connectivity index (χ4n) is 6.40. The van der Waals surface area contributed by atoms with Gasteiger partial charge in [0, 0.05) is 0 Å². The molecule has 6 aromatic rings. The molecule has 0 amide bonds. The van der Waals surface area contributed by atoms with Gasteiger partial charge in [-0.15, -0.1) is 0 Å². The predicted molar refractivity (Wildman–Crippen MR) is 176 cm³/mol. The summed E-state index contributed by atoms with van der Waals surface area (Å²) in [5, 5.41) is 0. The molecule has 210 valence electrons. The molecule has 0 aromatic heterocycles. The van der Waals surface area contributed by atoms with Crippen molar-refractivity contribution in [1.29, 1.82) is 0 Å². The summed E-state index contributed by atoms with van der Waals surface area (Å²) in [5.74, 6) is 3.33. The third-order valence-corrected chi connectivity index (χ3v) is 8.96. The summed E-state index contributed by atoms with van der Waals surface area (Å²) in [4.78, 5) is 0. The SMILES string of the molecule is Cc1ccc(Oc2ccc(C3(c4ccc(Oc5ccc(C)c(C)c5)cc4)c4ccccc4-c4ccccc43)cc2)cc1C. The Bertz CT molecular complexity index is 1800. The zero-order valence-electron chi connectivity index (χ0n) is 25.0. The Morgan fingerprint density at radius 2 is 0.744 bits per heavy atom. The highest BCUT2D eigenvalue weighted by molar-refractivity contribution is 5.86. The van der Waals surface area contributed by atoms with Crippen LogP contribution in [0.1, 0.15) is 44.5 Å². The number of benzene rings is 6. The molecule has 0 unspecified atom stereocenters. The monoisotopic (exact) mass is 558 g/mol. The van der Waals surface area contributed by atoms with Crippen LogP contribution < -0.4 is 9.47 Å². The number of hydrogen-bond acceptors (Lipinski definition) is 2. The van der Waals surface area contributed by atoms with Crippen molar-refractivity contribution in [1.82, 2.24) is 0 Å². The van der Waals surface area contributed by atoms with Gasteiger partial charge in [-0.25, -0.2) is 0 Å². The Balaban J connectivity index is 1.33. The molecule has 0 saturated heterocycles. The third kappa shape index (κ3) is 4.60. The van der Waals surface area contributed by atoms with Crippen molar-refractivity contribution in [2.75, 3.05) is 0 Å². The Kier molecular flexibility index (Phi) is 6.63. The smallest absolute Gasteiger partial charge is 0.127 e. The number of aryl methyl sites for hydroxylation is 4. The molecule has 0 atom stereocenters. The van der Waals surface area contributed by atoms with Crippen LogP contribution in [0.5, 0.6) is 23.0 Å². The summed E-state index contributed by atoms with van der Waals surface area (Å²) in [6, 6.07) is 47.3. The second kappa shape index (κ2) is 10.6. The molecule has 0 aliphatic heterocycles. The predicted octanol–water partition coefficient (Wildman–Crippen LogP) is 10.9. The summed E-state index contributed by atoms with van der Waals surface area (Å²) in [6.07, 6.45) is 0. The molecule has 43 heavy (non-hydrogen) atoms. The topological polar surface area (TPSA) is 18.5 Å². The molecule has 0 fully saturated rings. The number of hydrogen-bond donors (Lipinski definition) is 0. The lowest BCUT2D eigenvalue weighted by Crippen LogP contribution is -2.28. The van der Waals surface area contributed by atoms with E-state index in [1.807, 2.05) is 12.1 Å². The summed E-state index contributed by atoms with van der Waals surface area (Å²) in [5.41, 5.74) is 12.0. The molecule has 1 aliphatic carbocycles. The lowest BCUT2D eigenvalue weighted by atomic mass is 9.68. The maximum atomic E-state index is 6.28. The van der Waals surface area contributed by atoms with Gasteiger partial charge in [-0.3, -0.25) is 0 Å². The molecule has 2 nitrogen and oxygen atoms in total. The van der Waals surface area contributed by atoms with E-state index >= 15 is 0 Å². The quantitative estimate of drug-likeness (QED) is 0.202. The first-order valence-corrected chi connectivity index (χ1v) is 14.8. The van der Waals surface area contributed by atoms with Gasteiger partial charge in [0.2, 0.25) is 0 Å². The van der Waals surface area contributed by atoms with Crippen LogP contribution >= 0.6 is 0 Å². The van der Waals surface area contributed by atoms with Crippen LogP contribution in [0, 0.1) is 27.7 Å².